The molecule has 0 saturated heterocycles. The van der Waals surface area contributed by atoms with E-state index in [-0.39, 0.29) is 0 Å². The molecule has 8 heteroatoms. The molecule has 4 rings (SSSR count). The molecule has 2 aromatic carbocycles. The third-order valence-electron chi connectivity index (χ3n) is 4.54. The number of allylic oxidation sites excluding steroid dienone is 1. The highest BCUT2D eigenvalue weighted by Crippen LogP contribution is 2.33. The van der Waals surface area contributed by atoms with Crippen LogP contribution in [0.25, 0.3) is 27.8 Å². The molecule has 0 aliphatic heterocycles. The van der Waals surface area contributed by atoms with E-state index in [1.54, 1.807) is 38.6 Å². The van der Waals surface area contributed by atoms with E-state index in [9.17, 15) is 10.1 Å². The van der Waals surface area contributed by atoms with Crippen LogP contribution in [0.1, 0.15) is 5.01 Å². The number of hydrogen-bond donors (Lipinski definition) is 1. The van der Waals surface area contributed by atoms with E-state index >= 15 is 0 Å². The summed E-state index contributed by atoms with van der Waals surface area (Å²) in [6.45, 7) is 0. The molecule has 4 aromatic rings. The Morgan fingerprint density at radius 1 is 1.13 bits per heavy atom. The average molecular weight is 431 g/mol. The Labute approximate surface area is 181 Å². The predicted molar refractivity (Wildman–Crippen MR) is 120 cm³/mol. The van der Waals surface area contributed by atoms with Crippen molar-refractivity contribution >= 4 is 33.6 Å². The van der Waals surface area contributed by atoms with E-state index < -0.39 is 5.63 Å². The van der Waals surface area contributed by atoms with E-state index in [1.807, 2.05) is 29.6 Å². The van der Waals surface area contributed by atoms with Crippen LogP contribution in [0.5, 0.6) is 11.5 Å². The summed E-state index contributed by atoms with van der Waals surface area (Å²) < 4.78 is 15.8. The molecule has 154 valence electrons. The first-order chi connectivity index (χ1) is 15.1. The van der Waals surface area contributed by atoms with Gasteiger partial charge in [0.05, 0.1) is 19.9 Å². The molecule has 1 N–H and O–H groups in total. The van der Waals surface area contributed by atoms with Crippen LogP contribution in [0, 0.1) is 11.3 Å². The molecular weight excluding hydrogens is 414 g/mol. The second-order valence-electron chi connectivity index (χ2n) is 6.43. The molecule has 0 saturated carbocycles. The van der Waals surface area contributed by atoms with Gasteiger partial charge in [0.25, 0.3) is 0 Å². The number of methoxy groups -OCH3 is 2. The molecule has 0 radical (unpaired) electrons. The normalized spacial score (nSPS) is 11.2. The van der Waals surface area contributed by atoms with E-state index in [2.05, 4.69) is 16.4 Å². The maximum absolute atomic E-state index is 11.3. The zero-order valence-electron chi connectivity index (χ0n) is 16.7. The van der Waals surface area contributed by atoms with E-state index in [0.717, 1.165) is 22.3 Å². The van der Waals surface area contributed by atoms with Crippen LogP contribution in [-0.4, -0.2) is 19.2 Å². The molecule has 31 heavy (non-hydrogen) atoms. The summed E-state index contributed by atoms with van der Waals surface area (Å²) in [6.07, 6.45) is 1.61. The van der Waals surface area contributed by atoms with Crippen LogP contribution in [0.3, 0.4) is 0 Å². The second-order valence-corrected chi connectivity index (χ2v) is 7.29. The zero-order valence-corrected chi connectivity index (χ0v) is 17.5. The van der Waals surface area contributed by atoms with Gasteiger partial charge in [-0.3, -0.25) is 0 Å². The monoisotopic (exact) mass is 431 g/mol. The van der Waals surface area contributed by atoms with Crippen LogP contribution in [-0.2, 0) is 0 Å². The first kappa shape index (κ1) is 20.2. The lowest BCUT2D eigenvalue weighted by molar-refractivity contribution is 0.355. The molecule has 0 spiro atoms. The second kappa shape index (κ2) is 8.73. The molecule has 0 amide bonds. The van der Waals surface area contributed by atoms with Gasteiger partial charge in [-0.1, -0.05) is 0 Å². The SMILES string of the molecule is COc1ccc(-c2csc(C(C#N)=CNc3ccc4oc(=O)ccc4c3)n2)cc1OC. The number of benzene rings is 2. The van der Waals surface area contributed by atoms with Gasteiger partial charge >= 0.3 is 5.63 Å². The van der Waals surface area contributed by atoms with Crippen molar-refractivity contribution in [2.45, 2.75) is 0 Å². The summed E-state index contributed by atoms with van der Waals surface area (Å²) in [5.74, 6) is 1.25. The third-order valence-corrected chi connectivity index (χ3v) is 5.41. The Bertz CT molecular complexity index is 1380. The Hall–Kier alpha value is -4.09. The van der Waals surface area contributed by atoms with Crippen LogP contribution in [0.15, 0.2) is 69.3 Å². The highest BCUT2D eigenvalue weighted by Gasteiger charge is 2.12. The minimum absolute atomic E-state index is 0.395. The van der Waals surface area contributed by atoms with Crippen LogP contribution >= 0.6 is 11.3 Å². The lowest BCUT2D eigenvalue weighted by Crippen LogP contribution is -1.95. The van der Waals surface area contributed by atoms with Crippen LogP contribution in [0.2, 0.25) is 0 Å². The highest BCUT2D eigenvalue weighted by molar-refractivity contribution is 7.11. The first-order valence-corrected chi connectivity index (χ1v) is 10.1. The van der Waals surface area contributed by atoms with Gasteiger partial charge in [0, 0.05) is 34.3 Å². The van der Waals surface area contributed by atoms with E-state index in [1.165, 1.54) is 17.4 Å². The maximum Gasteiger partial charge on any atom is 0.336 e. The van der Waals surface area contributed by atoms with Crippen molar-refractivity contribution in [2.75, 3.05) is 19.5 Å². The van der Waals surface area contributed by atoms with Crippen molar-refractivity contribution < 1.29 is 13.9 Å². The van der Waals surface area contributed by atoms with Gasteiger partial charge in [-0.05, 0) is 42.5 Å². The van der Waals surface area contributed by atoms with Crippen molar-refractivity contribution in [3.8, 4) is 28.8 Å². The van der Waals surface area contributed by atoms with Crippen molar-refractivity contribution in [1.29, 1.82) is 5.26 Å². The number of rotatable bonds is 6. The van der Waals surface area contributed by atoms with Gasteiger partial charge in [0.15, 0.2) is 11.5 Å². The largest absolute Gasteiger partial charge is 0.493 e. The summed E-state index contributed by atoms with van der Waals surface area (Å²) in [5.41, 5.74) is 2.86. The molecule has 0 fully saturated rings. The number of aromatic nitrogens is 1. The number of thiazole rings is 1. The molecule has 0 aliphatic rings. The Morgan fingerprint density at radius 2 is 1.97 bits per heavy atom. The highest BCUT2D eigenvalue weighted by atomic mass is 32.1. The minimum atomic E-state index is -0.395. The van der Waals surface area contributed by atoms with Crippen molar-refractivity contribution in [3.05, 3.63) is 75.5 Å². The molecule has 0 unspecified atom stereocenters. The molecule has 0 atom stereocenters. The summed E-state index contributed by atoms with van der Waals surface area (Å²) >= 11 is 1.38. The van der Waals surface area contributed by atoms with E-state index in [4.69, 9.17) is 13.9 Å². The average Bonchev–Trinajstić information content (AvgIpc) is 3.29. The van der Waals surface area contributed by atoms with Crippen molar-refractivity contribution in [2.24, 2.45) is 0 Å². The van der Waals surface area contributed by atoms with Gasteiger partial charge < -0.3 is 19.2 Å². The number of hydrogen-bond acceptors (Lipinski definition) is 8. The summed E-state index contributed by atoms with van der Waals surface area (Å²) in [7, 11) is 3.16. The molecule has 2 aromatic heterocycles. The third kappa shape index (κ3) is 4.27. The van der Waals surface area contributed by atoms with Gasteiger partial charge in [0.2, 0.25) is 0 Å². The van der Waals surface area contributed by atoms with E-state index in [0.29, 0.717) is 27.7 Å². The van der Waals surface area contributed by atoms with Crippen LogP contribution < -0.4 is 20.4 Å². The summed E-state index contributed by atoms with van der Waals surface area (Å²) in [5, 5.41) is 16.0. The standard InChI is InChI=1S/C23H17N3O4S/c1-28-20-6-3-14(10-21(20)29-2)18-13-31-23(26-18)16(11-24)12-25-17-5-7-19-15(9-17)4-8-22(27)30-19/h3-10,12-13,25H,1-2H3. The first-order valence-electron chi connectivity index (χ1n) is 9.20. The van der Waals surface area contributed by atoms with Gasteiger partial charge in [-0.15, -0.1) is 11.3 Å². The fourth-order valence-electron chi connectivity index (χ4n) is 2.98. The smallest absolute Gasteiger partial charge is 0.336 e. The molecule has 0 bridgehead atoms. The Balaban J connectivity index is 1.58. The number of fused-ring (bicyclic) bond motifs is 1. The summed E-state index contributed by atoms with van der Waals surface area (Å²) in [6, 6.07) is 16.1. The lowest BCUT2D eigenvalue weighted by atomic mass is 10.1. The molecular formula is C23H17N3O4S. The molecule has 2 heterocycles. The number of nitriles is 1. The molecule has 7 nitrogen and oxygen atoms in total. The Kier molecular flexibility index (Phi) is 5.69. The fraction of sp³-hybridized carbons (Fsp3) is 0.0870. The van der Waals surface area contributed by atoms with Crippen molar-refractivity contribution in [3.63, 3.8) is 0 Å². The molecule has 0 aliphatic carbocycles. The number of nitrogens with zero attached hydrogens (tertiary/aromatic N) is 2. The number of ether oxygens (including phenoxy) is 2. The van der Waals surface area contributed by atoms with Gasteiger partial charge in [0.1, 0.15) is 22.2 Å². The predicted octanol–water partition coefficient (Wildman–Crippen LogP) is 4.91. The number of nitrogens with one attached hydrogen (secondary N) is 1. The fourth-order valence-corrected chi connectivity index (χ4v) is 3.78. The summed E-state index contributed by atoms with van der Waals surface area (Å²) in [4.78, 5) is 15.9. The maximum atomic E-state index is 11.3. The lowest BCUT2D eigenvalue weighted by Gasteiger charge is -2.08. The van der Waals surface area contributed by atoms with Crippen LogP contribution in [0.4, 0.5) is 5.69 Å². The van der Waals surface area contributed by atoms with Gasteiger partial charge in [-0.25, -0.2) is 9.78 Å². The zero-order chi connectivity index (χ0) is 21.8. The quantitative estimate of drug-likeness (QED) is 0.342. The topological polar surface area (TPSA) is 97.4 Å². The van der Waals surface area contributed by atoms with Crippen molar-refractivity contribution in [1.82, 2.24) is 4.98 Å². The van der Waals surface area contributed by atoms with Gasteiger partial charge in [-0.2, -0.15) is 5.26 Å². The number of anilines is 1. The Morgan fingerprint density at radius 3 is 2.74 bits per heavy atom. The minimum Gasteiger partial charge on any atom is -0.493 e.